The molecule has 19 heavy (non-hydrogen) atoms. The first-order chi connectivity index (χ1) is 9.10. The van der Waals surface area contributed by atoms with E-state index < -0.39 is 5.97 Å². The molecule has 0 saturated carbocycles. The number of carboxylic acids is 1. The molecule has 0 aliphatic heterocycles. The Balaban J connectivity index is 2.01. The van der Waals surface area contributed by atoms with E-state index in [1.54, 1.807) is 13.0 Å². The van der Waals surface area contributed by atoms with E-state index >= 15 is 0 Å². The van der Waals surface area contributed by atoms with Crippen molar-refractivity contribution in [3.05, 3.63) is 53.0 Å². The van der Waals surface area contributed by atoms with Gasteiger partial charge in [0.05, 0.1) is 6.54 Å². The zero-order chi connectivity index (χ0) is 13.8. The number of aromatic carboxylic acids is 1. The third-order valence-corrected chi connectivity index (χ3v) is 2.99. The lowest BCUT2D eigenvalue weighted by molar-refractivity contribution is 0.0659. The lowest BCUT2D eigenvalue weighted by Crippen LogP contribution is -1.98. The van der Waals surface area contributed by atoms with E-state index in [1.807, 2.05) is 12.1 Å². The van der Waals surface area contributed by atoms with Gasteiger partial charge in [-0.3, -0.25) is 0 Å². The maximum atomic E-state index is 10.9. The number of carboxylic acid groups (broad SMARTS) is 1. The molecule has 100 valence electrons. The van der Waals surface area contributed by atoms with Gasteiger partial charge in [0.1, 0.15) is 5.76 Å². The van der Waals surface area contributed by atoms with Crippen LogP contribution in [0.3, 0.4) is 0 Å². The molecule has 1 aromatic heterocycles. The maximum Gasteiger partial charge on any atom is 0.372 e. The number of hydrogen-bond acceptors (Lipinski definition) is 3. The molecule has 0 spiro atoms. The van der Waals surface area contributed by atoms with Gasteiger partial charge in [-0.25, -0.2) is 4.79 Å². The zero-order valence-corrected chi connectivity index (χ0v) is 11.1. The molecule has 0 fully saturated rings. The second kappa shape index (κ2) is 5.61. The molecule has 4 heteroatoms. The Kier molecular flexibility index (Phi) is 3.90. The molecule has 2 aromatic rings. The maximum absolute atomic E-state index is 10.9. The van der Waals surface area contributed by atoms with Crippen molar-refractivity contribution in [2.24, 2.45) is 0 Å². The average Bonchev–Trinajstić information content (AvgIpc) is 2.78. The lowest BCUT2D eigenvalue weighted by atomic mass is 10.1. The van der Waals surface area contributed by atoms with Crippen LogP contribution in [0.15, 0.2) is 34.7 Å². The summed E-state index contributed by atoms with van der Waals surface area (Å²) in [6.45, 7) is 4.31. The normalized spacial score (nSPS) is 10.4. The number of aryl methyl sites for hydroxylation is 2. The summed E-state index contributed by atoms with van der Waals surface area (Å²) in [6, 6.07) is 9.90. The van der Waals surface area contributed by atoms with Crippen LogP contribution < -0.4 is 5.32 Å². The summed E-state index contributed by atoms with van der Waals surface area (Å²) >= 11 is 0. The highest BCUT2D eigenvalue weighted by Gasteiger charge is 2.13. The molecule has 2 N–H and O–H groups in total. The fourth-order valence-electron chi connectivity index (χ4n) is 1.89. The van der Waals surface area contributed by atoms with Crippen LogP contribution in [0.1, 0.15) is 34.4 Å². The van der Waals surface area contributed by atoms with E-state index in [1.165, 1.54) is 5.56 Å². The fourth-order valence-corrected chi connectivity index (χ4v) is 1.89. The molecule has 0 amide bonds. The highest BCUT2D eigenvalue weighted by atomic mass is 16.4. The Hall–Kier alpha value is -2.23. The summed E-state index contributed by atoms with van der Waals surface area (Å²) < 4.78 is 5.28. The van der Waals surface area contributed by atoms with Crippen molar-refractivity contribution in [2.45, 2.75) is 26.8 Å². The first-order valence-electron chi connectivity index (χ1n) is 6.25. The van der Waals surface area contributed by atoms with Crippen LogP contribution in [-0.2, 0) is 13.0 Å². The molecule has 0 unspecified atom stereocenters. The lowest BCUT2D eigenvalue weighted by Gasteiger charge is -2.05. The zero-order valence-electron chi connectivity index (χ0n) is 11.1. The summed E-state index contributed by atoms with van der Waals surface area (Å²) in [6.07, 6.45) is 1.01. The van der Waals surface area contributed by atoms with E-state index in [9.17, 15) is 4.79 Å². The second-order valence-corrected chi connectivity index (χ2v) is 4.43. The molecule has 2 rings (SSSR count). The molecule has 0 atom stereocenters. The van der Waals surface area contributed by atoms with Crippen molar-refractivity contribution in [3.8, 4) is 0 Å². The fraction of sp³-hybridized carbons (Fsp3) is 0.267. The Labute approximate surface area is 112 Å². The predicted octanol–water partition coefficient (Wildman–Crippen LogP) is 3.46. The monoisotopic (exact) mass is 259 g/mol. The highest BCUT2D eigenvalue weighted by Crippen LogP contribution is 2.17. The molecule has 4 nitrogen and oxygen atoms in total. The predicted molar refractivity (Wildman–Crippen MR) is 73.6 cm³/mol. The Morgan fingerprint density at radius 3 is 2.53 bits per heavy atom. The minimum absolute atomic E-state index is 0.0122. The Morgan fingerprint density at radius 1 is 1.32 bits per heavy atom. The third kappa shape index (κ3) is 3.16. The standard InChI is InChI=1S/C15H17NO3/c1-3-11-4-6-12(7-5-11)16-9-13-8-10(2)14(19-13)15(17)18/h4-8,16H,3,9H2,1-2H3,(H,17,18). The van der Waals surface area contributed by atoms with Gasteiger partial charge in [-0.15, -0.1) is 0 Å². The number of nitrogens with one attached hydrogen (secondary N) is 1. The van der Waals surface area contributed by atoms with Crippen molar-refractivity contribution in [1.82, 2.24) is 0 Å². The third-order valence-electron chi connectivity index (χ3n) is 2.99. The van der Waals surface area contributed by atoms with Crippen LogP contribution in [0, 0.1) is 6.92 Å². The number of furan rings is 1. The van der Waals surface area contributed by atoms with E-state index in [4.69, 9.17) is 9.52 Å². The molecule has 1 heterocycles. The second-order valence-electron chi connectivity index (χ2n) is 4.43. The molecule has 0 radical (unpaired) electrons. The van der Waals surface area contributed by atoms with Gasteiger partial charge in [-0.05, 0) is 37.1 Å². The van der Waals surface area contributed by atoms with Crippen molar-refractivity contribution in [2.75, 3.05) is 5.32 Å². The minimum Gasteiger partial charge on any atom is -0.475 e. The number of rotatable bonds is 5. The van der Waals surface area contributed by atoms with Crippen LogP contribution in [0.5, 0.6) is 0 Å². The Morgan fingerprint density at radius 2 is 2.00 bits per heavy atom. The van der Waals surface area contributed by atoms with Crippen LogP contribution >= 0.6 is 0 Å². The first kappa shape index (κ1) is 13.2. The van der Waals surface area contributed by atoms with Gasteiger partial charge < -0.3 is 14.8 Å². The van der Waals surface area contributed by atoms with Gasteiger partial charge >= 0.3 is 5.97 Å². The molecule has 0 aliphatic rings. The number of anilines is 1. The van der Waals surface area contributed by atoms with Crippen LogP contribution in [0.2, 0.25) is 0 Å². The summed E-state index contributed by atoms with van der Waals surface area (Å²) in [4.78, 5) is 10.9. The molecular weight excluding hydrogens is 242 g/mol. The van der Waals surface area contributed by atoms with Crippen LogP contribution in [0.25, 0.3) is 0 Å². The van der Waals surface area contributed by atoms with Crippen molar-refractivity contribution in [1.29, 1.82) is 0 Å². The molecular formula is C15H17NO3. The average molecular weight is 259 g/mol. The van der Waals surface area contributed by atoms with Gasteiger partial charge in [-0.2, -0.15) is 0 Å². The first-order valence-corrected chi connectivity index (χ1v) is 6.25. The molecule has 0 aliphatic carbocycles. The summed E-state index contributed by atoms with van der Waals surface area (Å²) in [5, 5.41) is 12.1. The smallest absolute Gasteiger partial charge is 0.372 e. The van der Waals surface area contributed by atoms with E-state index in [0.29, 0.717) is 17.9 Å². The van der Waals surface area contributed by atoms with Gasteiger partial charge in [0.25, 0.3) is 0 Å². The van der Waals surface area contributed by atoms with Crippen LogP contribution in [0.4, 0.5) is 5.69 Å². The highest BCUT2D eigenvalue weighted by molar-refractivity contribution is 5.86. The van der Waals surface area contributed by atoms with E-state index in [-0.39, 0.29) is 5.76 Å². The van der Waals surface area contributed by atoms with Crippen molar-refractivity contribution >= 4 is 11.7 Å². The SMILES string of the molecule is CCc1ccc(NCc2cc(C)c(C(=O)O)o2)cc1. The quantitative estimate of drug-likeness (QED) is 0.863. The number of benzene rings is 1. The molecule has 1 aromatic carbocycles. The summed E-state index contributed by atoms with van der Waals surface area (Å²) in [5.41, 5.74) is 2.92. The summed E-state index contributed by atoms with van der Waals surface area (Å²) in [7, 11) is 0. The van der Waals surface area contributed by atoms with E-state index in [0.717, 1.165) is 12.1 Å². The Bertz CT molecular complexity index is 570. The van der Waals surface area contributed by atoms with Crippen molar-refractivity contribution in [3.63, 3.8) is 0 Å². The molecule has 0 saturated heterocycles. The topological polar surface area (TPSA) is 62.5 Å². The van der Waals surface area contributed by atoms with E-state index in [2.05, 4.69) is 24.4 Å². The van der Waals surface area contributed by atoms with Gasteiger partial charge in [0.2, 0.25) is 5.76 Å². The largest absolute Gasteiger partial charge is 0.475 e. The molecule has 0 bridgehead atoms. The van der Waals surface area contributed by atoms with Gasteiger partial charge in [-0.1, -0.05) is 19.1 Å². The van der Waals surface area contributed by atoms with Gasteiger partial charge in [0.15, 0.2) is 0 Å². The van der Waals surface area contributed by atoms with Crippen molar-refractivity contribution < 1.29 is 14.3 Å². The number of hydrogen-bond donors (Lipinski definition) is 2. The van der Waals surface area contributed by atoms with Gasteiger partial charge in [0, 0.05) is 11.3 Å². The minimum atomic E-state index is -1.03. The number of carbonyl (C=O) groups is 1. The van der Waals surface area contributed by atoms with Crippen LogP contribution in [-0.4, -0.2) is 11.1 Å². The summed E-state index contributed by atoms with van der Waals surface area (Å²) in [5.74, 6) is -0.399.